The molecule has 0 saturated carbocycles. The summed E-state index contributed by atoms with van der Waals surface area (Å²) in [5.74, 6) is -0.590. The van der Waals surface area contributed by atoms with Gasteiger partial charge in [-0.1, -0.05) is 144 Å². The number of ether oxygens (including phenoxy) is 1. The Kier molecular flexibility index (Phi) is 35.9. The lowest BCUT2D eigenvalue weighted by Gasteiger charge is -2.15. The Morgan fingerprint density at radius 3 is 1.62 bits per heavy atom. The number of esters is 1. The van der Waals surface area contributed by atoms with Crippen molar-refractivity contribution in [3.8, 4) is 0 Å². The number of hydrogen-bond donors (Lipinski definition) is 3. The van der Waals surface area contributed by atoms with Crippen LogP contribution >= 0.6 is 7.82 Å². The SMILES string of the molecule is CC/C=C\C/C=C\C/C=C\C/C=C\C/C=C\C/C=C\C/C=C\CCCC(=O)OCC(O)COP(=O)(O)OCCNC(=O)CCCCCCCCCC. The zero-order valence-electron chi connectivity index (χ0n) is 32.2. The number of carbonyl (C=O) groups is 2. The maximum atomic E-state index is 12.0. The van der Waals surface area contributed by atoms with Crippen molar-refractivity contribution in [1.29, 1.82) is 0 Å². The van der Waals surface area contributed by atoms with E-state index >= 15 is 0 Å². The first kappa shape index (κ1) is 49.2. The van der Waals surface area contributed by atoms with Gasteiger partial charge in [-0.05, 0) is 64.2 Å². The van der Waals surface area contributed by atoms with Crippen LogP contribution in [0.1, 0.15) is 136 Å². The summed E-state index contributed by atoms with van der Waals surface area (Å²) in [5, 5.41) is 12.6. The van der Waals surface area contributed by atoms with E-state index in [-0.39, 0.29) is 32.1 Å². The van der Waals surface area contributed by atoms with Crippen LogP contribution in [0.15, 0.2) is 85.1 Å². The summed E-state index contributed by atoms with van der Waals surface area (Å²) in [6.45, 7) is 3.31. The summed E-state index contributed by atoms with van der Waals surface area (Å²) >= 11 is 0. The van der Waals surface area contributed by atoms with Gasteiger partial charge in [0.1, 0.15) is 12.7 Å². The minimum Gasteiger partial charge on any atom is -0.463 e. The van der Waals surface area contributed by atoms with E-state index in [1.165, 1.54) is 32.1 Å². The second-order valence-corrected chi connectivity index (χ2v) is 14.0. The predicted molar refractivity (Wildman–Crippen MR) is 215 cm³/mol. The van der Waals surface area contributed by atoms with Crippen LogP contribution in [0.25, 0.3) is 0 Å². The molecule has 296 valence electrons. The highest BCUT2D eigenvalue weighted by Gasteiger charge is 2.23. The van der Waals surface area contributed by atoms with Gasteiger partial charge in [-0.25, -0.2) is 4.57 Å². The number of amides is 1. The Morgan fingerprint density at radius 2 is 1.10 bits per heavy atom. The molecule has 9 nitrogen and oxygen atoms in total. The lowest BCUT2D eigenvalue weighted by atomic mass is 10.1. The molecule has 0 spiro atoms. The third-order valence-corrected chi connectivity index (χ3v) is 8.57. The van der Waals surface area contributed by atoms with Crippen molar-refractivity contribution in [1.82, 2.24) is 5.32 Å². The first-order chi connectivity index (χ1) is 25.3. The molecule has 3 N–H and O–H groups in total. The van der Waals surface area contributed by atoms with E-state index in [1.807, 2.05) is 6.08 Å². The molecule has 10 heteroatoms. The third kappa shape index (κ3) is 38.4. The van der Waals surface area contributed by atoms with E-state index in [0.29, 0.717) is 12.8 Å². The molecule has 0 aromatic heterocycles. The van der Waals surface area contributed by atoms with E-state index in [0.717, 1.165) is 70.6 Å². The molecule has 2 unspecified atom stereocenters. The van der Waals surface area contributed by atoms with Crippen molar-refractivity contribution in [3.63, 3.8) is 0 Å². The van der Waals surface area contributed by atoms with Crippen molar-refractivity contribution < 1.29 is 37.9 Å². The average Bonchev–Trinajstić information content (AvgIpc) is 3.13. The fraction of sp³-hybridized carbons (Fsp3) is 0.619. The van der Waals surface area contributed by atoms with Gasteiger partial charge in [0.05, 0.1) is 13.2 Å². The van der Waals surface area contributed by atoms with Crippen LogP contribution in [0, 0.1) is 0 Å². The van der Waals surface area contributed by atoms with E-state index in [1.54, 1.807) is 0 Å². The molecule has 0 aliphatic carbocycles. The molecule has 0 fully saturated rings. The highest BCUT2D eigenvalue weighted by atomic mass is 31.2. The van der Waals surface area contributed by atoms with Crippen molar-refractivity contribution >= 4 is 19.7 Å². The van der Waals surface area contributed by atoms with Crippen LogP contribution in [-0.4, -0.2) is 54.3 Å². The fourth-order valence-corrected chi connectivity index (χ4v) is 5.42. The predicted octanol–water partition coefficient (Wildman–Crippen LogP) is 10.5. The highest BCUT2D eigenvalue weighted by molar-refractivity contribution is 7.47. The zero-order chi connectivity index (χ0) is 38.2. The zero-order valence-corrected chi connectivity index (χ0v) is 33.1. The summed E-state index contributed by atoms with van der Waals surface area (Å²) in [4.78, 5) is 33.6. The molecule has 2 atom stereocenters. The number of aliphatic hydroxyl groups is 1. The van der Waals surface area contributed by atoms with Crippen molar-refractivity contribution in [2.75, 3.05) is 26.4 Å². The molecule has 0 rings (SSSR count). The summed E-state index contributed by atoms with van der Waals surface area (Å²) < 4.78 is 26.7. The Morgan fingerprint density at radius 1 is 0.615 bits per heavy atom. The number of unbranched alkanes of at least 4 members (excludes halogenated alkanes) is 8. The van der Waals surface area contributed by atoms with E-state index in [2.05, 4.69) is 98.2 Å². The van der Waals surface area contributed by atoms with Crippen LogP contribution in [0.2, 0.25) is 0 Å². The van der Waals surface area contributed by atoms with Gasteiger partial charge in [-0.2, -0.15) is 0 Å². The molecular formula is C42H70NO8P. The average molecular weight is 748 g/mol. The van der Waals surface area contributed by atoms with Crippen LogP contribution in [0.5, 0.6) is 0 Å². The largest absolute Gasteiger partial charge is 0.472 e. The van der Waals surface area contributed by atoms with E-state index < -0.39 is 26.5 Å². The second kappa shape index (κ2) is 37.9. The van der Waals surface area contributed by atoms with Gasteiger partial charge >= 0.3 is 13.8 Å². The minimum absolute atomic E-state index is 0.0711. The quantitative estimate of drug-likeness (QED) is 0.0253. The van der Waals surface area contributed by atoms with Gasteiger partial charge in [0.15, 0.2) is 0 Å². The van der Waals surface area contributed by atoms with Gasteiger partial charge < -0.3 is 20.1 Å². The number of nitrogens with one attached hydrogen (secondary N) is 1. The van der Waals surface area contributed by atoms with Crippen LogP contribution < -0.4 is 5.32 Å². The molecule has 0 aromatic rings. The highest BCUT2D eigenvalue weighted by Crippen LogP contribution is 2.42. The van der Waals surface area contributed by atoms with Crippen molar-refractivity contribution in [3.05, 3.63) is 85.1 Å². The van der Waals surface area contributed by atoms with Crippen LogP contribution in [0.3, 0.4) is 0 Å². The standard InChI is InChI=1S/C42H70NO8P/c1-3-5-7-9-11-13-14-15-16-17-18-19-20-21-22-23-24-25-26-27-29-31-33-35-42(46)49-38-40(44)39-51-52(47,48)50-37-36-43-41(45)34-32-30-28-12-10-8-6-4-2/h5,7,11,13,15-16,18-19,21-22,24-25,27,29,40,44H,3-4,6,8-10,12,14,17,20,23,26,28,30-39H2,1-2H3,(H,43,45)(H,47,48)/b7-5-,13-11-,16-15-,19-18-,22-21-,25-24-,29-27-. The molecule has 0 radical (unpaired) electrons. The number of carbonyl (C=O) groups excluding carboxylic acids is 2. The Balaban J connectivity index is 3.76. The van der Waals surface area contributed by atoms with Gasteiger partial charge in [-0.15, -0.1) is 0 Å². The monoisotopic (exact) mass is 747 g/mol. The van der Waals surface area contributed by atoms with Crippen LogP contribution in [0.4, 0.5) is 0 Å². The maximum Gasteiger partial charge on any atom is 0.472 e. The molecule has 0 aliphatic heterocycles. The minimum atomic E-state index is -4.42. The third-order valence-electron chi connectivity index (χ3n) is 7.59. The topological polar surface area (TPSA) is 131 Å². The van der Waals surface area contributed by atoms with Crippen molar-refractivity contribution in [2.45, 2.75) is 142 Å². The molecule has 0 saturated heterocycles. The summed E-state index contributed by atoms with van der Waals surface area (Å²) in [5.41, 5.74) is 0. The van der Waals surface area contributed by atoms with Crippen molar-refractivity contribution in [2.24, 2.45) is 0 Å². The first-order valence-corrected chi connectivity index (χ1v) is 21.1. The number of phosphoric acid groups is 1. The van der Waals surface area contributed by atoms with Gasteiger partial charge in [0.25, 0.3) is 0 Å². The molecular weight excluding hydrogens is 677 g/mol. The van der Waals surface area contributed by atoms with Gasteiger partial charge in [0, 0.05) is 19.4 Å². The summed E-state index contributed by atoms with van der Waals surface area (Å²) in [6, 6.07) is 0. The summed E-state index contributed by atoms with van der Waals surface area (Å²) in [6.07, 6.45) is 46.8. The van der Waals surface area contributed by atoms with Gasteiger partial charge in [-0.3, -0.25) is 18.6 Å². The fourth-order valence-electron chi connectivity index (χ4n) is 4.66. The number of phosphoric ester groups is 1. The molecule has 0 bridgehead atoms. The molecule has 0 aliphatic rings. The number of hydrogen-bond acceptors (Lipinski definition) is 7. The smallest absolute Gasteiger partial charge is 0.463 e. The van der Waals surface area contributed by atoms with Gasteiger partial charge in [0.2, 0.25) is 5.91 Å². The molecule has 1 amide bonds. The normalized spacial score (nSPS) is 14.3. The molecule has 52 heavy (non-hydrogen) atoms. The molecule has 0 heterocycles. The first-order valence-electron chi connectivity index (χ1n) is 19.6. The Bertz CT molecular complexity index is 1130. The van der Waals surface area contributed by atoms with E-state index in [4.69, 9.17) is 13.8 Å². The Hall–Kier alpha value is -2.81. The number of aliphatic hydroxyl groups excluding tert-OH is 1. The van der Waals surface area contributed by atoms with E-state index in [9.17, 15) is 24.2 Å². The lowest BCUT2D eigenvalue weighted by Crippen LogP contribution is -2.27. The Labute approximate surface area is 315 Å². The molecule has 0 aromatic carbocycles. The maximum absolute atomic E-state index is 12.0. The number of allylic oxidation sites excluding steroid dienone is 14. The van der Waals surface area contributed by atoms with Crippen LogP contribution in [-0.2, 0) is 27.9 Å². The second-order valence-electron chi connectivity index (χ2n) is 12.5. The lowest BCUT2D eigenvalue weighted by molar-refractivity contribution is -0.147. The summed E-state index contributed by atoms with van der Waals surface area (Å²) in [7, 11) is -4.42. The number of rotatable bonds is 35.